The zero-order chi connectivity index (χ0) is 12.6. The van der Waals surface area contributed by atoms with Crippen LogP contribution in [0.5, 0.6) is 0 Å². The van der Waals surface area contributed by atoms with Crippen molar-refractivity contribution in [2.45, 2.75) is 51.7 Å². The van der Waals surface area contributed by atoms with Crippen molar-refractivity contribution in [1.29, 1.82) is 0 Å². The SMILES string of the molecule is Cc1ncn(CC(C)(NC2CC2)C(N)=O)c1C. The molecule has 1 heterocycles. The summed E-state index contributed by atoms with van der Waals surface area (Å²) in [5.41, 5.74) is 6.89. The number of nitrogens with one attached hydrogen (secondary N) is 1. The van der Waals surface area contributed by atoms with Crippen molar-refractivity contribution in [3.05, 3.63) is 17.7 Å². The predicted octanol–water partition coefficient (Wildman–Crippen LogP) is 0.496. The molecule has 94 valence electrons. The van der Waals surface area contributed by atoms with Crippen LogP contribution >= 0.6 is 0 Å². The lowest BCUT2D eigenvalue weighted by Gasteiger charge is -2.28. The molecule has 1 aliphatic rings. The minimum absolute atomic E-state index is 0.310. The fourth-order valence-electron chi connectivity index (χ4n) is 1.92. The van der Waals surface area contributed by atoms with Crippen molar-refractivity contribution >= 4 is 5.91 Å². The van der Waals surface area contributed by atoms with Crippen LogP contribution in [0.15, 0.2) is 6.33 Å². The fraction of sp³-hybridized carbons (Fsp3) is 0.667. The molecule has 1 aromatic heterocycles. The van der Waals surface area contributed by atoms with E-state index >= 15 is 0 Å². The van der Waals surface area contributed by atoms with Gasteiger partial charge in [-0.25, -0.2) is 4.98 Å². The van der Waals surface area contributed by atoms with Gasteiger partial charge in [-0.2, -0.15) is 0 Å². The minimum atomic E-state index is -0.695. The monoisotopic (exact) mass is 236 g/mol. The Morgan fingerprint density at radius 3 is 2.71 bits per heavy atom. The number of aryl methyl sites for hydroxylation is 1. The second-order valence-corrected chi connectivity index (χ2v) is 5.16. The Morgan fingerprint density at radius 1 is 1.65 bits per heavy atom. The van der Waals surface area contributed by atoms with Crippen molar-refractivity contribution in [3.8, 4) is 0 Å². The molecule has 1 atom stereocenters. The molecule has 1 fully saturated rings. The standard InChI is InChI=1S/C12H20N4O/c1-8-9(2)16(7-14-8)6-12(3,11(13)17)15-10-4-5-10/h7,10,15H,4-6H2,1-3H3,(H2,13,17). The number of amides is 1. The average molecular weight is 236 g/mol. The smallest absolute Gasteiger partial charge is 0.239 e. The van der Waals surface area contributed by atoms with Crippen LogP contribution in [-0.2, 0) is 11.3 Å². The molecule has 1 amide bonds. The number of hydrogen-bond acceptors (Lipinski definition) is 3. The Labute approximate surface area is 101 Å². The second kappa shape index (κ2) is 4.14. The third-order valence-electron chi connectivity index (χ3n) is 3.48. The summed E-state index contributed by atoms with van der Waals surface area (Å²) in [6.07, 6.45) is 4.02. The molecule has 1 unspecified atom stereocenters. The summed E-state index contributed by atoms with van der Waals surface area (Å²) >= 11 is 0. The summed E-state index contributed by atoms with van der Waals surface area (Å²) in [5, 5.41) is 3.33. The van der Waals surface area contributed by atoms with Crippen molar-refractivity contribution in [2.75, 3.05) is 0 Å². The summed E-state index contributed by atoms with van der Waals surface area (Å²) in [6, 6.07) is 0.442. The average Bonchev–Trinajstić information content (AvgIpc) is 3.00. The highest BCUT2D eigenvalue weighted by atomic mass is 16.1. The molecule has 17 heavy (non-hydrogen) atoms. The Balaban J connectivity index is 2.16. The van der Waals surface area contributed by atoms with Crippen LogP contribution in [0.2, 0.25) is 0 Å². The van der Waals surface area contributed by atoms with Gasteiger partial charge in [-0.05, 0) is 33.6 Å². The molecule has 0 bridgehead atoms. The highest BCUT2D eigenvalue weighted by Crippen LogP contribution is 2.23. The molecule has 0 aliphatic heterocycles. The molecular weight excluding hydrogens is 216 g/mol. The third kappa shape index (κ3) is 2.49. The molecule has 0 saturated heterocycles. The number of imidazole rings is 1. The van der Waals surface area contributed by atoms with Crippen LogP contribution in [0.3, 0.4) is 0 Å². The molecule has 1 aromatic rings. The van der Waals surface area contributed by atoms with Crippen LogP contribution in [-0.4, -0.2) is 27.0 Å². The van der Waals surface area contributed by atoms with Crippen LogP contribution in [0.1, 0.15) is 31.2 Å². The van der Waals surface area contributed by atoms with Crippen LogP contribution < -0.4 is 11.1 Å². The summed E-state index contributed by atoms with van der Waals surface area (Å²) in [5.74, 6) is -0.310. The van der Waals surface area contributed by atoms with E-state index in [0.717, 1.165) is 24.2 Å². The quantitative estimate of drug-likeness (QED) is 0.781. The highest BCUT2D eigenvalue weighted by Gasteiger charge is 2.37. The van der Waals surface area contributed by atoms with Crippen LogP contribution in [0.25, 0.3) is 0 Å². The van der Waals surface area contributed by atoms with Gasteiger partial charge in [-0.15, -0.1) is 0 Å². The third-order valence-corrected chi connectivity index (χ3v) is 3.48. The van der Waals surface area contributed by atoms with Gasteiger partial charge in [0.1, 0.15) is 5.54 Å². The van der Waals surface area contributed by atoms with Gasteiger partial charge >= 0.3 is 0 Å². The van der Waals surface area contributed by atoms with Gasteiger partial charge < -0.3 is 10.3 Å². The Kier molecular flexibility index (Phi) is 2.95. The molecule has 1 saturated carbocycles. The normalized spacial score (nSPS) is 19.0. The van der Waals surface area contributed by atoms with Gasteiger partial charge in [0.25, 0.3) is 0 Å². The van der Waals surface area contributed by atoms with E-state index in [1.165, 1.54) is 0 Å². The first-order valence-electron chi connectivity index (χ1n) is 5.98. The number of aromatic nitrogens is 2. The second-order valence-electron chi connectivity index (χ2n) is 5.16. The lowest BCUT2D eigenvalue weighted by atomic mass is 10.0. The van der Waals surface area contributed by atoms with Crippen LogP contribution in [0, 0.1) is 13.8 Å². The predicted molar refractivity (Wildman–Crippen MR) is 65.5 cm³/mol. The minimum Gasteiger partial charge on any atom is -0.368 e. The highest BCUT2D eigenvalue weighted by molar-refractivity contribution is 5.84. The summed E-state index contributed by atoms with van der Waals surface area (Å²) < 4.78 is 1.98. The summed E-state index contributed by atoms with van der Waals surface area (Å²) in [4.78, 5) is 15.9. The van der Waals surface area contributed by atoms with E-state index in [-0.39, 0.29) is 5.91 Å². The molecule has 5 nitrogen and oxygen atoms in total. The van der Waals surface area contributed by atoms with Gasteiger partial charge in [-0.3, -0.25) is 10.1 Å². The molecule has 5 heteroatoms. The first-order valence-corrected chi connectivity index (χ1v) is 5.98. The van der Waals surface area contributed by atoms with Gasteiger partial charge in [0, 0.05) is 11.7 Å². The molecule has 0 radical (unpaired) electrons. The van der Waals surface area contributed by atoms with Crippen molar-refractivity contribution in [1.82, 2.24) is 14.9 Å². The van der Waals surface area contributed by atoms with Crippen LogP contribution in [0.4, 0.5) is 0 Å². The summed E-state index contributed by atoms with van der Waals surface area (Å²) in [6.45, 7) is 6.36. The van der Waals surface area contributed by atoms with Gasteiger partial charge in [0.2, 0.25) is 5.91 Å². The topological polar surface area (TPSA) is 72.9 Å². The number of carbonyl (C=O) groups is 1. The van der Waals surface area contributed by atoms with E-state index in [4.69, 9.17) is 5.73 Å². The van der Waals surface area contributed by atoms with Crippen molar-refractivity contribution < 1.29 is 4.79 Å². The molecule has 2 rings (SSSR count). The van der Waals surface area contributed by atoms with Gasteiger partial charge in [0.15, 0.2) is 0 Å². The first kappa shape index (κ1) is 12.1. The molecule has 1 aliphatic carbocycles. The Hall–Kier alpha value is -1.36. The zero-order valence-corrected chi connectivity index (χ0v) is 10.7. The molecular formula is C12H20N4O. The van der Waals surface area contributed by atoms with Gasteiger partial charge in [-0.1, -0.05) is 0 Å². The van der Waals surface area contributed by atoms with E-state index < -0.39 is 5.54 Å². The molecule has 0 aromatic carbocycles. The first-order chi connectivity index (χ1) is 7.92. The van der Waals surface area contributed by atoms with E-state index in [1.54, 1.807) is 6.33 Å². The maximum atomic E-state index is 11.6. The number of nitrogens with two attached hydrogens (primary N) is 1. The van der Waals surface area contributed by atoms with Crippen molar-refractivity contribution in [2.24, 2.45) is 5.73 Å². The van der Waals surface area contributed by atoms with E-state index in [9.17, 15) is 4.79 Å². The zero-order valence-electron chi connectivity index (χ0n) is 10.7. The molecule has 3 N–H and O–H groups in total. The summed E-state index contributed by atoms with van der Waals surface area (Å²) in [7, 11) is 0. The van der Waals surface area contributed by atoms with E-state index in [1.807, 2.05) is 25.3 Å². The lowest BCUT2D eigenvalue weighted by molar-refractivity contribution is -0.124. The van der Waals surface area contributed by atoms with Crippen molar-refractivity contribution in [3.63, 3.8) is 0 Å². The number of hydrogen-bond donors (Lipinski definition) is 2. The Morgan fingerprint density at radius 2 is 2.29 bits per heavy atom. The van der Waals surface area contributed by atoms with Gasteiger partial charge in [0.05, 0.1) is 18.6 Å². The number of primary amides is 1. The lowest BCUT2D eigenvalue weighted by Crippen LogP contribution is -2.56. The maximum absolute atomic E-state index is 11.6. The number of nitrogens with zero attached hydrogens (tertiary/aromatic N) is 2. The van der Waals surface area contributed by atoms with E-state index in [0.29, 0.717) is 12.6 Å². The maximum Gasteiger partial charge on any atom is 0.239 e. The largest absolute Gasteiger partial charge is 0.368 e. The van der Waals surface area contributed by atoms with E-state index in [2.05, 4.69) is 10.3 Å². The number of carbonyl (C=O) groups excluding carboxylic acids is 1. The number of rotatable bonds is 5. The molecule has 0 spiro atoms. The fourth-order valence-corrected chi connectivity index (χ4v) is 1.92. The Bertz CT molecular complexity index is 436.